The van der Waals surface area contributed by atoms with Crippen LogP contribution in [0.1, 0.15) is 88.7 Å². The summed E-state index contributed by atoms with van der Waals surface area (Å²) < 4.78 is 17.0. The standard InChI is InChI=1S/C33H51NO4/c1-3-4-5-6-7-8-9-14-26-38-32-20-16-19-30(28-32)21-22-33(35)34(23-13-15-25-36-2)24-27-37-29-31-17-11-10-12-18-31/h10-12,16-20,28H,3-9,13-15,21-27,29H2,1-2H3. The van der Waals surface area contributed by atoms with Crippen LogP contribution in [0.15, 0.2) is 54.6 Å². The second-order valence-electron chi connectivity index (χ2n) is 10.1. The summed E-state index contributed by atoms with van der Waals surface area (Å²) in [5.41, 5.74) is 2.29. The van der Waals surface area contributed by atoms with Crippen molar-refractivity contribution in [1.82, 2.24) is 4.90 Å². The fraction of sp³-hybridized carbons (Fsp3) is 0.606. The van der Waals surface area contributed by atoms with E-state index in [0.29, 0.717) is 32.6 Å². The van der Waals surface area contributed by atoms with E-state index in [-0.39, 0.29) is 5.91 Å². The molecule has 2 rings (SSSR count). The third kappa shape index (κ3) is 15.1. The van der Waals surface area contributed by atoms with Gasteiger partial charge in [-0.1, -0.05) is 94.3 Å². The van der Waals surface area contributed by atoms with Gasteiger partial charge in [-0.3, -0.25) is 4.79 Å². The average Bonchev–Trinajstić information content (AvgIpc) is 2.95. The van der Waals surface area contributed by atoms with Crippen molar-refractivity contribution in [2.75, 3.05) is 40.0 Å². The molecule has 0 saturated heterocycles. The van der Waals surface area contributed by atoms with Gasteiger partial charge in [-0.15, -0.1) is 0 Å². The zero-order valence-corrected chi connectivity index (χ0v) is 24.0. The molecule has 0 radical (unpaired) electrons. The molecule has 0 aromatic heterocycles. The molecule has 0 aliphatic carbocycles. The number of nitrogens with zero attached hydrogens (tertiary/aromatic N) is 1. The van der Waals surface area contributed by atoms with E-state index in [1.54, 1.807) is 7.11 Å². The van der Waals surface area contributed by atoms with Gasteiger partial charge in [0, 0.05) is 33.2 Å². The van der Waals surface area contributed by atoms with Crippen LogP contribution < -0.4 is 4.74 Å². The SMILES string of the molecule is CCCCCCCCCCOc1cccc(CCC(=O)N(CCCCOC)CCOCc2ccccc2)c1. The maximum atomic E-state index is 13.1. The Kier molecular flexibility index (Phi) is 18.1. The number of ether oxygens (including phenoxy) is 3. The van der Waals surface area contributed by atoms with E-state index in [2.05, 4.69) is 31.2 Å². The Morgan fingerprint density at radius 1 is 0.737 bits per heavy atom. The second-order valence-corrected chi connectivity index (χ2v) is 10.1. The van der Waals surface area contributed by atoms with Crippen molar-refractivity contribution in [3.8, 4) is 5.75 Å². The fourth-order valence-electron chi connectivity index (χ4n) is 4.48. The molecule has 0 N–H and O–H groups in total. The van der Waals surface area contributed by atoms with E-state index in [0.717, 1.165) is 55.9 Å². The number of hydrogen-bond acceptors (Lipinski definition) is 4. The van der Waals surface area contributed by atoms with Crippen molar-refractivity contribution < 1.29 is 19.0 Å². The second kappa shape index (κ2) is 21.6. The molecule has 0 aliphatic heterocycles. The maximum Gasteiger partial charge on any atom is 0.222 e. The summed E-state index contributed by atoms with van der Waals surface area (Å²) in [6, 6.07) is 18.4. The molecule has 2 aromatic rings. The number of benzene rings is 2. The zero-order chi connectivity index (χ0) is 27.1. The summed E-state index contributed by atoms with van der Waals surface area (Å²) >= 11 is 0. The monoisotopic (exact) mass is 525 g/mol. The van der Waals surface area contributed by atoms with Gasteiger partial charge in [-0.2, -0.15) is 0 Å². The van der Waals surface area contributed by atoms with Crippen LogP contribution in [0.4, 0.5) is 0 Å². The zero-order valence-electron chi connectivity index (χ0n) is 24.0. The highest BCUT2D eigenvalue weighted by Crippen LogP contribution is 2.16. The van der Waals surface area contributed by atoms with E-state index >= 15 is 0 Å². The van der Waals surface area contributed by atoms with E-state index in [1.165, 1.54) is 44.9 Å². The van der Waals surface area contributed by atoms with E-state index in [4.69, 9.17) is 14.2 Å². The average molecular weight is 526 g/mol. The third-order valence-corrected chi connectivity index (χ3v) is 6.79. The number of aryl methyl sites for hydroxylation is 1. The molecule has 0 spiro atoms. The quantitative estimate of drug-likeness (QED) is 0.140. The van der Waals surface area contributed by atoms with Gasteiger partial charge in [-0.25, -0.2) is 0 Å². The predicted octanol–water partition coefficient (Wildman–Crippen LogP) is 7.61. The van der Waals surface area contributed by atoms with Crippen LogP contribution in [0.2, 0.25) is 0 Å². The van der Waals surface area contributed by atoms with Crippen LogP contribution in [-0.2, 0) is 27.3 Å². The molecule has 0 saturated carbocycles. The van der Waals surface area contributed by atoms with Crippen LogP contribution in [-0.4, -0.2) is 50.8 Å². The largest absolute Gasteiger partial charge is 0.494 e. The minimum atomic E-state index is 0.177. The molecule has 0 bridgehead atoms. The van der Waals surface area contributed by atoms with E-state index in [9.17, 15) is 4.79 Å². The lowest BCUT2D eigenvalue weighted by Crippen LogP contribution is -2.35. The van der Waals surface area contributed by atoms with Crippen molar-refractivity contribution in [2.24, 2.45) is 0 Å². The number of carbonyl (C=O) groups is 1. The number of hydrogen-bond donors (Lipinski definition) is 0. The molecule has 0 fully saturated rings. The molecule has 0 heterocycles. The maximum absolute atomic E-state index is 13.1. The lowest BCUT2D eigenvalue weighted by Gasteiger charge is -2.23. The van der Waals surface area contributed by atoms with Crippen molar-refractivity contribution in [3.63, 3.8) is 0 Å². The number of rotatable bonds is 23. The van der Waals surface area contributed by atoms with Crippen molar-refractivity contribution in [2.45, 2.75) is 90.6 Å². The summed E-state index contributed by atoms with van der Waals surface area (Å²) in [6.07, 6.45) is 13.5. The molecule has 5 heteroatoms. The van der Waals surface area contributed by atoms with Crippen LogP contribution in [0, 0.1) is 0 Å². The first kappa shape index (κ1) is 31.8. The highest BCUT2D eigenvalue weighted by Gasteiger charge is 2.13. The first-order chi connectivity index (χ1) is 18.7. The Labute approximate surface area is 231 Å². The van der Waals surface area contributed by atoms with Gasteiger partial charge in [0.1, 0.15) is 5.75 Å². The molecule has 2 aromatic carbocycles. The summed E-state index contributed by atoms with van der Waals surface area (Å²) in [5, 5.41) is 0. The Balaban J connectivity index is 1.71. The molecular formula is C33H51NO4. The molecule has 212 valence electrons. The van der Waals surface area contributed by atoms with Gasteiger partial charge in [0.2, 0.25) is 5.91 Å². The highest BCUT2D eigenvalue weighted by atomic mass is 16.5. The van der Waals surface area contributed by atoms with E-state index < -0.39 is 0 Å². The Morgan fingerprint density at radius 2 is 1.45 bits per heavy atom. The fourth-order valence-corrected chi connectivity index (χ4v) is 4.48. The first-order valence-corrected chi connectivity index (χ1v) is 14.8. The smallest absolute Gasteiger partial charge is 0.222 e. The van der Waals surface area contributed by atoms with Gasteiger partial charge in [0.05, 0.1) is 19.8 Å². The van der Waals surface area contributed by atoms with Gasteiger partial charge in [0.15, 0.2) is 0 Å². The van der Waals surface area contributed by atoms with Crippen molar-refractivity contribution in [1.29, 1.82) is 0 Å². The third-order valence-electron chi connectivity index (χ3n) is 6.79. The topological polar surface area (TPSA) is 48.0 Å². The Morgan fingerprint density at radius 3 is 2.21 bits per heavy atom. The summed E-state index contributed by atoms with van der Waals surface area (Å²) in [6.45, 7) is 6.19. The molecule has 0 aliphatic rings. The highest BCUT2D eigenvalue weighted by molar-refractivity contribution is 5.76. The van der Waals surface area contributed by atoms with Crippen LogP contribution in [0.25, 0.3) is 0 Å². The van der Waals surface area contributed by atoms with Gasteiger partial charge < -0.3 is 19.1 Å². The molecular weight excluding hydrogens is 474 g/mol. The Bertz CT molecular complexity index is 842. The van der Waals surface area contributed by atoms with E-state index in [1.807, 2.05) is 35.2 Å². The summed E-state index contributed by atoms with van der Waals surface area (Å²) in [5.74, 6) is 1.08. The van der Waals surface area contributed by atoms with Gasteiger partial charge in [0.25, 0.3) is 0 Å². The molecule has 1 amide bonds. The number of carbonyl (C=O) groups excluding carboxylic acids is 1. The minimum Gasteiger partial charge on any atom is -0.494 e. The van der Waals surface area contributed by atoms with Crippen molar-refractivity contribution in [3.05, 3.63) is 65.7 Å². The molecule has 0 atom stereocenters. The van der Waals surface area contributed by atoms with Gasteiger partial charge >= 0.3 is 0 Å². The number of methoxy groups -OCH3 is 1. The van der Waals surface area contributed by atoms with Crippen LogP contribution >= 0.6 is 0 Å². The van der Waals surface area contributed by atoms with Crippen LogP contribution in [0.5, 0.6) is 5.75 Å². The summed E-state index contributed by atoms with van der Waals surface area (Å²) in [7, 11) is 1.72. The first-order valence-electron chi connectivity index (χ1n) is 14.8. The van der Waals surface area contributed by atoms with Gasteiger partial charge in [-0.05, 0) is 48.9 Å². The molecule has 38 heavy (non-hydrogen) atoms. The normalized spacial score (nSPS) is 11.0. The number of unbranched alkanes of at least 4 members (excludes halogenated alkanes) is 8. The number of amides is 1. The van der Waals surface area contributed by atoms with Crippen LogP contribution in [0.3, 0.4) is 0 Å². The lowest BCUT2D eigenvalue weighted by molar-refractivity contribution is -0.132. The minimum absolute atomic E-state index is 0.177. The molecule has 5 nitrogen and oxygen atoms in total. The Hall–Kier alpha value is -2.37. The predicted molar refractivity (Wildman–Crippen MR) is 157 cm³/mol. The van der Waals surface area contributed by atoms with Crippen molar-refractivity contribution >= 4 is 5.91 Å². The summed E-state index contributed by atoms with van der Waals surface area (Å²) in [4.78, 5) is 15.0. The lowest BCUT2D eigenvalue weighted by atomic mass is 10.1. The molecule has 0 unspecified atom stereocenters.